The first-order chi connectivity index (χ1) is 14.3. The Morgan fingerprint density at radius 2 is 1.93 bits per heavy atom. The number of alkyl halides is 3. The van der Waals surface area contributed by atoms with Gasteiger partial charge in [-0.25, -0.2) is 4.79 Å². The molecule has 1 aliphatic rings. The molecule has 3 amide bonds. The summed E-state index contributed by atoms with van der Waals surface area (Å²) in [6.07, 6.45) is -4.21. The summed E-state index contributed by atoms with van der Waals surface area (Å²) in [7, 11) is 0. The third-order valence-corrected chi connectivity index (χ3v) is 4.66. The van der Waals surface area contributed by atoms with E-state index in [1.165, 1.54) is 12.1 Å². The third kappa shape index (κ3) is 5.43. The number of ether oxygens (including phenoxy) is 1. The molecule has 0 bridgehead atoms. The predicted molar refractivity (Wildman–Crippen MR) is 107 cm³/mol. The number of hydrogen-bond acceptors (Lipinski definition) is 3. The summed E-state index contributed by atoms with van der Waals surface area (Å²) < 4.78 is 43.7. The van der Waals surface area contributed by atoms with Crippen LogP contribution in [0.1, 0.15) is 18.9 Å². The highest BCUT2D eigenvalue weighted by Gasteiger charge is 2.31. The van der Waals surface area contributed by atoms with Crippen molar-refractivity contribution in [2.45, 2.75) is 19.5 Å². The number of benzene rings is 2. The van der Waals surface area contributed by atoms with Gasteiger partial charge in [0.2, 0.25) is 5.91 Å². The number of urea groups is 1. The number of nitrogens with one attached hydrogen (secondary N) is 2. The Morgan fingerprint density at radius 3 is 2.60 bits per heavy atom. The van der Waals surface area contributed by atoms with Crippen molar-refractivity contribution < 1.29 is 27.5 Å². The fourth-order valence-corrected chi connectivity index (χ4v) is 3.24. The summed E-state index contributed by atoms with van der Waals surface area (Å²) in [6.45, 7) is 3.11. The van der Waals surface area contributed by atoms with Crippen LogP contribution < -0.4 is 20.3 Å². The predicted octanol–water partition coefficient (Wildman–Crippen LogP) is 4.28. The molecule has 1 heterocycles. The number of carbonyl (C=O) groups excluding carboxylic acids is 2. The smallest absolute Gasteiger partial charge is 0.416 e. The van der Waals surface area contributed by atoms with Crippen molar-refractivity contribution in [3.05, 3.63) is 54.1 Å². The van der Waals surface area contributed by atoms with Crippen LogP contribution in [0.15, 0.2) is 48.5 Å². The Morgan fingerprint density at radius 1 is 1.20 bits per heavy atom. The quantitative estimate of drug-likeness (QED) is 0.732. The van der Waals surface area contributed by atoms with Gasteiger partial charge in [-0.2, -0.15) is 13.2 Å². The highest BCUT2D eigenvalue weighted by molar-refractivity contribution is 5.96. The largest absolute Gasteiger partial charge is 0.494 e. The Hall–Kier alpha value is -3.23. The topological polar surface area (TPSA) is 70.7 Å². The summed E-state index contributed by atoms with van der Waals surface area (Å²) in [5, 5.41) is 5.01. The molecule has 2 aromatic rings. The zero-order chi connectivity index (χ0) is 21.7. The van der Waals surface area contributed by atoms with Crippen LogP contribution in [0.25, 0.3) is 0 Å². The van der Waals surface area contributed by atoms with Crippen LogP contribution in [-0.2, 0) is 11.0 Å². The second-order valence-corrected chi connectivity index (χ2v) is 6.91. The number of carbonyl (C=O) groups is 2. The zero-order valence-electron chi connectivity index (χ0n) is 16.3. The molecule has 0 aromatic heterocycles. The molecule has 0 unspecified atom stereocenters. The molecule has 1 saturated heterocycles. The van der Waals surface area contributed by atoms with Gasteiger partial charge in [0.25, 0.3) is 0 Å². The van der Waals surface area contributed by atoms with Gasteiger partial charge in [-0.15, -0.1) is 0 Å². The average molecular weight is 421 g/mol. The minimum absolute atomic E-state index is 0.0424. The fourth-order valence-electron chi connectivity index (χ4n) is 3.24. The summed E-state index contributed by atoms with van der Waals surface area (Å²) in [5.74, 6) is 0.568. The molecule has 30 heavy (non-hydrogen) atoms. The van der Waals surface area contributed by atoms with E-state index in [0.717, 1.165) is 23.6 Å². The molecule has 0 spiro atoms. The van der Waals surface area contributed by atoms with Crippen LogP contribution in [0.4, 0.5) is 29.3 Å². The van der Waals surface area contributed by atoms with Crippen LogP contribution in [0.3, 0.4) is 0 Å². The van der Waals surface area contributed by atoms with E-state index < -0.39 is 17.8 Å². The van der Waals surface area contributed by atoms with Gasteiger partial charge < -0.3 is 20.3 Å². The maximum Gasteiger partial charge on any atom is 0.416 e. The van der Waals surface area contributed by atoms with Crippen LogP contribution >= 0.6 is 0 Å². The zero-order valence-corrected chi connectivity index (χ0v) is 16.3. The van der Waals surface area contributed by atoms with Gasteiger partial charge in [-0.05, 0) is 49.4 Å². The summed E-state index contributed by atoms with van der Waals surface area (Å²) >= 11 is 0. The second-order valence-electron chi connectivity index (χ2n) is 6.91. The first-order valence-corrected chi connectivity index (χ1v) is 9.51. The number of rotatable bonds is 6. The number of nitrogens with zero attached hydrogens (tertiary/aromatic N) is 1. The molecule has 9 heteroatoms. The number of hydrogen-bond donors (Lipinski definition) is 2. The van der Waals surface area contributed by atoms with Crippen LogP contribution in [0.2, 0.25) is 0 Å². The lowest BCUT2D eigenvalue weighted by Gasteiger charge is -2.17. The molecule has 0 saturated carbocycles. The molecule has 6 nitrogen and oxygen atoms in total. The van der Waals surface area contributed by atoms with Gasteiger partial charge in [0.1, 0.15) is 5.75 Å². The minimum atomic E-state index is -4.48. The van der Waals surface area contributed by atoms with Crippen molar-refractivity contribution in [1.82, 2.24) is 5.32 Å². The van der Waals surface area contributed by atoms with Crippen molar-refractivity contribution >= 4 is 23.3 Å². The molecule has 2 N–H and O–H groups in total. The van der Waals surface area contributed by atoms with Gasteiger partial charge in [-0.3, -0.25) is 4.79 Å². The van der Waals surface area contributed by atoms with E-state index in [-0.39, 0.29) is 30.5 Å². The van der Waals surface area contributed by atoms with Gasteiger partial charge in [0, 0.05) is 36.8 Å². The standard InChI is InChI=1S/C21H22F3N3O3/c1-2-30-18-8-6-17(7-9-18)27-13-14(10-19(27)28)12-25-20(29)26-16-5-3-4-15(11-16)21(22,23)24/h3-9,11,14H,2,10,12-13H2,1H3,(H2,25,26,29)/t14-/m1/s1. The number of halogens is 3. The van der Waals surface area contributed by atoms with E-state index in [2.05, 4.69) is 10.6 Å². The molecule has 2 aromatic carbocycles. The average Bonchev–Trinajstić information content (AvgIpc) is 3.07. The highest BCUT2D eigenvalue weighted by Crippen LogP contribution is 2.30. The molecular formula is C21H22F3N3O3. The lowest BCUT2D eigenvalue weighted by Crippen LogP contribution is -2.34. The van der Waals surface area contributed by atoms with Gasteiger partial charge in [-0.1, -0.05) is 6.07 Å². The van der Waals surface area contributed by atoms with Crippen molar-refractivity contribution in [2.75, 3.05) is 29.9 Å². The lowest BCUT2D eigenvalue weighted by atomic mass is 10.1. The molecule has 0 aliphatic carbocycles. The van der Waals surface area contributed by atoms with Crippen molar-refractivity contribution in [1.29, 1.82) is 0 Å². The van der Waals surface area contributed by atoms with E-state index in [4.69, 9.17) is 4.74 Å². The normalized spacial score (nSPS) is 16.5. The molecule has 0 radical (unpaired) electrons. The van der Waals surface area contributed by atoms with Gasteiger partial charge in [0.05, 0.1) is 12.2 Å². The third-order valence-electron chi connectivity index (χ3n) is 4.66. The first-order valence-electron chi connectivity index (χ1n) is 9.51. The van der Waals surface area contributed by atoms with E-state index in [0.29, 0.717) is 13.2 Å². The van der Waals surface area contributed by atoms with Crippen LogP contribution in [0.5, 0.6) is 5.75 Å². The number of anilines is 2. The maximum absolute atomic E-state index is 12.8. The maximum atomic E-state index is 12.8. The Kier molecular flexibility index (Phi) is 6.49. The highest BCUT2D eigenvalue weighted by atomic mass is 19.4. The van der Waals surface area contributed by atoms with Crippen molar-refractivity contribution in [3.8, 4) is 5.75 Å². The Labute approximate surface area is 172 Å². The summed E-state index contributed by atoms with van der Waals surface area (Å²) in [4.78, 5) is 26.0. The van der Waals surface area contributed by atoms with E-state index >= 15 is 0 Å². The molecule has 3 rings (SSSR count). The van der Waals surface area contributed by atoms with E-state index in [1.807, 2.05) is 6.92 Å². The van der Waals surface area contributed by atoms with Gasteiger partial charge >= 0.3 is 12.2 Å². The fraction of sp³-hybridized carbons (Fsp3) is 0.333. The summed E-state index contributed by atoms with van der Waals surface area (Å²) in [6, 6.07) is 11.0. The Bertz CT molecular complexity index is 900. The SMILES string of the molecule is CCOc1ccc(N2C[C@@H](CNC(=O)Nc3cccc(C(F)(F)F)c3)CC2=O)cc1. The molecule has 160 valence electrons. The van der Waals surface area contributed by atoms with Crippen molar-refractivity contribution in [3.63, 3.8) is 0 Å². The van der Waals surface area contributed by atoms with Crippen LogP contribution in [-0.4, -0.2) is 31.6 Å². The second kappa shape index (κ2) is 9.06. The van der Waals surface area contributed by atoms with Gasteiger partial charge in [0.15, 0.2) is 0 Å². The van der Waals surface area contributed by atoms with Crippen molar-refractivity contribution in [2.24, 2.45) is 5.92 Å². The molecular weight excluding hydrogens is 399 g/mol. The number of amides is 3. The van der Waals surface area contributed by atoms with E-state index in [9.17, 15) is 22.8 Å². The molecule has 1 fully saturated rings. The monoisotopic (exact) mass is 421 g/mol. The van der Waals surface area contributed by atoms with Crippen LogP contribution in [0, 0.1) is 5.92 Å². The minimum Gasteiger partial charge on any atom is -0.494 e. The summed E-state index contributed by atoms with van der Waals surface area (Å²) in [5.41, 5.74) is -0.0482. The first kappa shape index (κ1) is 21.5. The molecule has 1 aliphatic heterocycles. The Balaban J connectivity index is 1.52. The lowest BCUT2D eigenvalue weighted by molar-refractivity contribution is -0.137. The molecule has 1 atom stereocenters. The van der Waals surface area contributed by atoms with E-state index in [1.54, 1.807) is 29.2 Å².